The Hall–Kier alpha value is -2.07. The second-order valence-corrected chi connectivity index (χ2v) is 11.4. The Kier molecular flexibility index (Phi) is 6.53. The molecule has 1 N–H and O–H groups in total. The lowest BCUT2D eigenvalue weighted by atomic mass is 9.72. The Morgan fingerprint density at radius 2 is 1.66 bits per heavy atom. The summed E-state index contributed by atoms with van der Waals surface area (Å²) in [4.78, 5) is 13.8. The van der Waals surface area contributed by atoms with Crippen molar-refractivity contribution in [3.05, 3.63) is 42.0 Å². The molecule has 32 heavy (non-hydrogen) atoms. The number of benzene rings is 2. The van der Waals surface area contributed by atoms with Crippen LogP contribution in [0.15, 0.2) is 36.4 Å². The maximum Gasteiger partial charge on any atom is 0.309 e. The molecule has 0 amide bonds. The van der Waals surface area contributed by atoms with Crippen LogP contribution in [-0.2, 0) is 11.3 Å². The zero-order valence-electron chi connectivity index (χ0n) is 20.2. The number of fused-ring (bicyclic) bond motifs is 1. The minimum absolute atomic E-state index is 0.334. The van der Waals surface area contributed by atoms with E-state index < -0.39 is 11.4 Å². The van der Waals surface area contributed by atoms with Crippen molar-refractivity contribution in [2.24, 2.45) is 16.7 Å². The number of aliphatic carboxylic acids is 1. The van der Waals surface area contributed by atoms with Crippen molar-refractivity contribution in [2.75, 3.05) is 13.1 Å². The first-order valence-electron chi connectivity index (χ1n) is 12.3. The third-order valence-electron chi connectivity index (χ3n) is 7.96. The average Bonchev–Trinajstić information content (AvgIpc) is 2.75. The smallest absolute Gasteiger partial charge is 0.309 e. The molecule has 0 bridgehead atoms. The number of carboxylic acid groups (broad SMARTS) is 1. The number of ether oxygens (including phenoxy) is 1. The number of hydrogen-bond acceptors (Lipinski definition) is 3. The van der Waals surface area contributed by atoms with E-state index in [0.717, 1.165) is 44.1 Å². The third kappa shape index (κ3) is 5.28. The third-order valence-corrected chi connectivity index (χ3v) is 7.96. The van der Waals surface area contributed by atoms with Crippen molar-refractivity contribution in [2.45, 2.75) is 78.9 Å². The summed E-state index contributed by atoms with van der Waals surface area (Å²) < 4.78 is 6.36. The first-order valence-corrected chi connectivity index (χ1v) is 12.3. The van der Waals surface area contributed by atoms with Gasteiger partial charge in [0, 0.05) is 6.54 Å². The molecule has 174 valence electrons. The summed E-state index contributed by atoms with van der Waals surface area (Å²) in [6.45, 7) is 11.5. The Morgan fingerprint density at radius 1 is 1.03 bits per heavy atom. The molecule has 2 aromatic rings. The fraction of sp³-hybridized carbons (Fsp3) is 0.607. The Labute approximate surface area is 192 Å². The van der Waals surface area contributed by atoms with Crippen LogP contribution in [0.2, 0.25) is 0 Å². The highest BCUT2D eigenvalue weighted by molar-refractivity contribution is 5.84. The van der Waals surface area contributed by atoms with E-state index in [1.54, 1.807) is 0 Å². The zero-order valence-corrected chi connectivity index (χ0v) is 20.2. The Morgan fingerprint density at radius 3 is 2.28 bits per heavy atom. The van der Waals surface area contributed by atoms with E-state index in [4.69, 9.17) is 4.74 Å². The molecule has 1 heterocycles. The minimum Gasteiger partial charge on any atom is -0.490 e. The summed E-state index contributed by atoms with van der Waals surface area (Å²) in [5, 5.41) is 11.9. The standard InChI is InChI=1S/C28H39NO3/c1-27(2,3)23-8-11-24(12-9-23)32-25-10-7-21-17-20(5-6-22(21)18-25)19-29-15-13-28(4,14-16-29)26(30)31/h5-7,10,17-18,23-24H,8-9,11-16,19H2,1-4H3,(H,30,31). The molecular weight excluding hydrogens is 398 g/mol. The highest BCUT2D eigenvalue weighted by Crippen LogP contribution is 2.39. The van der Waals surface area contributed by atoms with Crippen LogP contribution in [0.25, 0.3) is 10.8 Å². The Bertz CT molecular complexity index is 945. The summed E-state index contributed by atoms with van der Waals surface area (Å²) in [5.74, 6) is 1.12. The van der Waals surface area contributed by atoms with Crippen LogP contribution in [-0.4, -0.2) is 35.2 Å². The molecule has 4 nitrogen and oxygen atoms in total. The highest BCUT2D eigenvalue weighted by atomic mass is 16.5. The van der Waals surface area contributed by atoms with Gasteiger partial charge in [-0.1, -0.05) is 39.0 Å². The summed E-state index contributed by atoms with van der Waals surface area (Å²) in [5.41, 5.74) is 1.11. The molecule has 1 aliphatic heterocycles. The van der Waals surface area contributed by atoms with Gasteiger partial charge in [0.15, 0.2) is 0 Å². The minimum atomic E-state index is -0.664. The number of carboxylic acids is 1. The second-order valence-electron chi connectivity index (χ2n) is 11.4. The normalized spacial score (nSPS) is 24.4. The van der Waals surface area contributed by atoms with Crippen molar-refractivity contribution in [3.8, 4) is 5.75 Å². The van der Waals surface area contributed by atoms with E-state index in [1.165, 1.54) is 29.2 Å². The summed E-state index contributed by atoms with van der Waals surface area (Å²) in [7, 11) is 0. The topological polar surface area (TPSA) is 49.8 Å². The van der Waals surface area contributed by atoms with Gasteiger partial charge in [0.2, 0.25) is 0 Å². The van der Waals surface area contributed by atoms with Crippen LogP contribution in [0.1, 0.15) is 71.8 Å². The molecule has 0 spiro atoms. The largest absolute Gasteiger partial charge is 0.490 e. The maximum atomic E-state index is 11.5. The number of hydrogen-bond donors (Lipinski definition) is 1. The predicted molar refractivity (Wildman–Crippen MR) is 130 cm³/mol. The molecule has 4 rings (SSSR count). The maximum absolute atomic E-state index is 11.5. The lowest BCUT2D eigenvalue weighted by Gasteiger charge is -2.37. The van der Waals surface area contributed by atoms with Crippen molar-refractivity contribution < 1.29 is 14.6 Å². The van der Waals surface area contributed by atoms with E-state index in [-0.39, 0.29) is 0 Å². The Balaban J connectivity index is 1.34. The first-order chi connectivity index (χ1) is 15.1. The van der Waals surface area contributed by atoms with Crippen LogP contribution >= 0.6 is 0 Å². The summed E-state index contributed by atoms with van der Waals surface area (Å²) in [6.07, 6.45) is 6.58. The van der Waals surface area contributed by atoms with Crippen LogP contribution in [0.4, 0.5) is 0 Å². The molecule has 0 atom stereocenters. The van der Waals surface area contributed by atoms with Crippen LogP contribution < -0.4 is 4.74 Å². The molecular formula is C28H39NO3. The highest BCUT2D eigenvalue weighted by Gasteiger charge is 2.36. The van der Waals surface area contributed by atoms with Crippen molar-refractivity contribution in [3.63, 3.8) is 0 Å². The predicted octanol–water partition coefficient (Wildman–Crippen LogP) is 6.51. The molecule has 0 radical (unpaired) electrons. The first kappa shape index (κ1) is 23.1. The van der Waals surface area contributed by atoms with Gasteiger partial charge >= 0.3 is 5.97 Å². The van der Waals surface area contributed by atoms with Gasteiger partial charge in [-0.15, -0.1) is 0 Å². The molecule has 2 aromatic carbocycles. The van der Waals surface area contributed by atoms with Crippen LogP contribution in [0, 0.1) is 16.7 Å². The van der Waals surface area contributed by atoms with E-state index >= 15 is 0 Å². The van der Waals surface area contributed by atoms with E-state index in [1.807, 2.05) is 6.92 Å². The number of likely N-dealkylation sites (tertiary alicyclic amines) is 1. The number of piperidine rings is 1. The quantitative estimate of drug-likeness (QED) is 0.579. The molecule has 2 aliphatic rings. The number of nitrogens with zero attached hydrogens (tertiary/aromatic N) is 1. The van der Waals surface area contributed by atoms with Gasteiger partial charge < -0.3 is 9.84 Å². The summed E-state index contributed by atoms with van der Waals surface area (Å²) in [6, 6.07) is 13.1. The summed E-state index contributed by atoms with van der Waals surface area (Å²) >= 11 is 0. The van der Waals surface area contributed by atoms with Gasteiger partial charge in [0.25, 0.3) is 0 Å². The van der Waals surface area contributed by atoms with Crippen LogP contribution in [0.5, 0.6) is 5.75 Å². The van der Waals surface area contributed by atoms with E-state index in [9.17, 15) is 9.90 Å². The van der Waals surface area contributed by atoms with Gasteiger partial charge in [-0.2, -0.15) is 0 Å². The van der Waals surface area contributed by atoms with Crippen molar-refractivity contribution >= 4 is 16.7 Å². The molecule has 1 aliphatic carbocycles. The zero-order chi connectivity index (χ0) is 22.9. The molecule has 0 aromatic heterocycles. The van der Waals surface area contributed by atoms with Gasteiger partial charge in [-0.05, 0) is 104 Å². The lowest BCUT2D eigenvalue weighted by Crippen LogP contribution is -2.42. The van der Waals surface area contributed by atoms with Gasteiger partial charge in [0.1, 0.15) is 5.75 Å². The number of rotatable bonds is 5. The fourth-order valence-electron chi connectivity index (χ4n) is 5.36. The molecule has 2 fully saturated rings. The fourth-order valence-corrected chi connectivity index (χ4v) is 5.36. The van der Waals surface area contributed by atoms with Gasteiger partial charge in [-0.25, -0.2) is 0 Å². The van der Waals surface area contributed by atoms with E-state index in [2.05, 4.69) is 62.1 Å². The average molecular weight is 438 g/mol. The van der Waals surface area contributed by atoms with Crippen molar-refractivity contribution in [1.82, 2.24) is 4.90 Å². The molecule has 1 saturated carbocycles. The second kappa shape index (κ2) is 9.05. The van der Waals surface area contributed by atoms with Gasteiger partial charge in [0.05, 0.1) is 11.5 Å². The van der Waals surface area contributed by atoms with Crippen molar-refractivity contribution in [1.29, 1.82) is 0 Å². The molecule has 1 saturated heterocycles. The van der Waals surface area contributed by atoms with E-state index in [0.29, 0.717) is 24.4 Å². The SMILES string of the molecule is CC1(C(=O)O)CCN(Cc2ccc3cc(OC4CCC(C(C)(C)C)CC4)ccc3c2)CC1. The van der Waals surface area contributed by atoms with Gasteiger partial charge in [-0.3, -0.25) is 9.69 Å². The molecule has 4 heteroatoms. The monoisotopic (exact) mass is 437 g/mol. The van der Waals surface area contributed by atoms with Crippen LogP contribution in [0.3, 0.4) is 0 Å². The lowest BCUT2D eigenvalue weighted by molar-refractivity contribution is -0.150. The number of carbonyl (C=O) groups is 1. The molecule has 0 unspecified atom stereocenters.